The highest BCUT2D eigenvalue weighted by atomic mass is 19.1. The van der Waals surface area contributed by atoms with Crippen LogP contribution in [-0.4, -0.2) is 44.9 Å². The van der Waals surface area contributed by atoms with Crippen LogP contribution in [0.4, 0.5) is 10.4 Å². The zero-order valence-corrected chi connectivity index (χ0v) is 16.7. The molecule has 8 heteroatoms. The number of piperidine rings is 1. The van der Waals surface area contributed by atoms with Crippen molar-refractivity contribution in [2.45, 2.75) is 18.9 Å². The number of fused-ring (bicyclic) bond motifs is 1. The van der Waals surface area contributed by atoms with E-state index >= 15 is 0 Å². The Bertz CT molecular complexity index is 1190. The number of amides is 1. The molecule has 1 aliphatic heterocycles. The van der Waals surface area contributed by atoms with Gasteiger partial charge in [-0.1, -0.05) is 12.1 Å². The molecule has 0 spiro atoms. The number of nitrogens with one attached hydrogen (secondary N) is 1. The molecule has 1 amide bonds. The van der Waals surface area contributed by atoms with Crippen molar-refractivity contribution in [2.24, 2.45) is 0 Å². The maximum atomic E-state index is 13.9. The Balaban J connectivity index is 1.36. The van der Waals surface area contributed by atoms with Gasteiger partial charge in [-0.2, -0.15) is 4.98 Å². The van der Waals surface area contributed by atoms with Crippen molar-refractivity contribution in [2.75, 3.05) is 18.4 Å². The van der Waals surface area contributed by atoms with Crippen molar-refractivity contribution in [1.29, 1.82) is 0 Å². The van der Waals surface area contributed by atoms with Crippen LogP contribution in [-0.2, 0) is 0 Å². The summed E-state index contributed by atoms with van der Waals surface area (Å²) < 4.78 is 19.7. The number of hydrogen-bond donors (Lipinski definition) is 1. The molecule has 1 unspecified atom stereocenters. The molecule has 1 atom stereocenters. The normalized spacial score (nSPS) is 16.4. The summed E-state index contributed by atoms with van der Waals surface area (Å²) in [4.78, 5) is 27.9. The number of oxazole rings is 1. The Hall–Kier alpha value is -3.81. The first-order chi connectivity index (χ1) is 15.2. The molecule has 7 nitrogen and oxygen atoms in total. The van der Waals surface area contributed by atoms with Gasteiger partial charge in [-0.05, 0) is 49.2 Å². The first kappa shape index (κ1) is 19.2. The van der Waals surface area contributed by atoms with Crippen molar-refractivity contribution in [3.05, 3.63) is 72.3 Å². The first-order valence-electron chi connectivity index (χ1n) is 10.2. The molecule has 0 radical (unpaired) electrons. The lowest BCUT2D eigenvalue weighted by Gasteiger charge is -2.33. The van der Waals surface area contributed by atoms with E-state index in [0.29, 0.717) is 41.6 Å². The minimum absolute atomic E-state index is 0.00244. The molecular weight excluding hydrogens is 397 g/mol. The summed E-state index contributed by atoms with van der Waals surface area (Å²) >= 11 is 0. The van der Waals surface area contributed by atoms with Gasteiger partial charge >= 0.3 is 0 Å². The van der Waals surface area contributed by atoms with Crippen molar-refractivity contribution in [3.8, 4) is 11.4 Å². The summed E-state index contributed by atoms with van der Waals surface area (Å²) in [6.07, 6.45) is 4.87. The molecule has 1 saturated heterocycles. The number of anilines is 1. The molecule has 2 aromatic carbocycles. The van der Waals surface area contributed by atoms with Gasteiger partial charge < -0.3 is 14.6 Å². The third-order valence-corrected chi connectivity index (χ3v) is 5.35. The minimum Gasteiger partial charge on any atom is -0.424 e. The fourth-order valence-corrected chi connectivity index (χ4v) is 3.88. The second kappa shape index (κ2) is 8.14. The third kappa shape index (κ3) is 3.96. The Labute approximate surface area is 178 Å². The summed E-state index contributed by atoms with van der Waals surface area (Å²) in [6, 6.07) is 13.8. The average Bonchev–Trinajstić information content (AvgIpc) is 3.21. The molecule has 2 aromatic heterocycles. The highest BCUT2D eigenvalue weighted by Crippen LogP contribution is 2.25. The van der Waals surface area contributed by atoms with Gasteiger partial charge in [-0.15, -0.1) is 0 Å². The van der Waals surface area contributed by atoms with E-state index in [1.807, 2.05) is 24.3 Å². The van der Waals surface area contributed by atoms with E-state index in [1.165, 1.54) is 18.2 Å². The van der Waals surface area contributed by atoms with E-state index in [4.69, 9.17) is 4.42 Å². The lowest BCUT2D eigenvalue weighted by Crippen LogP contribution is -2.45. The Morgan fingerprint density at radius 1 is 1.13 bits per heavy atom. The zero-order chi connectivity index (χ0) is 21.2. The lowest BCUT2D eigenvalue weighted by atomic mass is 10.0. The van der Waals surface area contributed by atoms with Crippen LogP contribution in [0.2, 0.25) is 0 Å². The molecule has 3 heterocycles. The minimum atomic E-state index is -0.437. The SMILES string of the molecule is O=C(c1ccc(F)cc1-c1ncccn1)N1CCCC(Nc2nc3ccccc3o2)C1. The zero-order valence-electron chi connectivity index (χ0n) is 16.7. The second-order valence-corrected chi connectivity index (χ2v) is 7.48. The van der Waals surface area contributed by atoms with Gasteiger partial charge in [0.05, 0.1) is 5.56 Å². The van der Waals surface area contributed by atoms with Crippen LogP contribution >= 0.6 is 0 Å². The van der Waals surface area contributed by atoms with Crippen LogP contribution in [0, 0.1) is 5.82 Å². The number of carbonyl (C=O) groups excluding carboxylic acids is 1. The Morgan fingerprint density at radius 3 is 2.81 bits per heavy atom. The molecule has 156 valence electrons. The number of likely N-dealkylation sites (tertiary alicyclic amines) is 1. The number of nitrogens with zero attached hydrogens (tertiary/aromatic N) is 4. The van der Waals surface area contributed by atoms with E-state index in [-0.39, 0.29) is 11.9 Å². The second-order valence-electron chi connectivity index (χ2n) is 7.48. The average molecular weight is 417 g/mol. The van der Waals surface area contributed by atoms with E-state index in [1.54, 1.807) is 23.4 Å². The number of aromatic nitrogens is 3. The van der Waals surface area contributed by atoms with E-state index in [2.05, 4.69) is 20.3 Å². The van der Waals surface area contributed by atoms with Gasteiger partial charge in [0.1, 0.15) is 11.3 Å². The van der Waals surface area contributed by atoms with E-state index < -0.39 is 5.82 Å². The number of rotatable bonds is 4. The third-order valence-electron chi connectivity index (χ3n) is 5.35. The molecule has 1 aliphatic rings. The summed E-state index contributed by atoms with van der Waals surface area (Å²) in [7, 11) is 0. The van der Waals surface area contributed by atoms with Gasteiger partial charge in [-0.3, -0.25) is 4.79 Å². The van der Waals surface area contributed by atoms with Crippen LogP contribution in [0.15, 0.2) is 65.3 Å². The highest BCUT2D eigenvalue weighted by Gasteiger charge is 2.27. The number of para-hydroxylation sites is 2. The lowest BCUT2D eigenvalue weighted by molar-refractivity contribution is 0.0714. The van der Waals surface area contributed by atoms with Gasteiger partial charge in [0.25, 0.3) is 11.9 Å². The summed E-state index contributed by atoms with van der Waals surface area (Å²) in [5.41, 5.74) is 2.27. The number of halogens is 1. The molecule has 1 fully saturated rings. The summed E-state index contributed by atoms with van der Waals surface area (Å²) in [5.74, 6) is -0.289. The molecule has 0 saturated carbocycles. The molecule has 1 N–H and O–H groups in total. The van der Waals surface area contributed by atoms with Gasteiger partial charge in [0.15, 0.2) is 11.4 Å². The highest BCUT2D eigenvalue weighted by molar-refractivity contribution is 6.00. The van der Waals surface area contributed by atoms with Crippen LogP contribution in [0.5, 0.6) is 0 Å². The summed E-state index contributed by atoms with van der Waals surface area (Å²) in [5, 5.41) is 3.31. The fraction of sp³-hybridized carbons (Fsp3) is 0.217. The first-order valence-corrected chi connectivity index (χ1v) is 10.2. The Morgan fingerprint density at radius 2 is 1.97 bits per heavy atom. The van der Waals surface area contributed by atoms with Crippen LogP contribution in [0.1, 0.15) is 23.2 Å². The standard InChI is InChI=1S/C23H20FN5O2/c24-15-8-9-17(18(13-15)21-25-10-4-11-26-21)22(30)29-12-3-5-16(14-29)27-23-28-19-6-1-2-7-20(19)31-23/h1-2,4,6-11,13,16H,3,5,12,14H2,(H,27,28). The topological polar surface area (TPSA) is 84.2 Å². The maximum absolute atomic E-state index is 13.9. The smallest absolute Gasteiger partial charge is 0.295 e. The van der Waals surface area contributed by atoms with E-state index in [9.17, 15) is 9.18 Å². The van der Waals surface area contributed by atoms with Gasteiger partial charge in [0, 0.05) is 37.1 Å². The number of benzene rings is 2. The van der Waals surface area contributed by atoms with Crippen LogP contribution in [0.25, 0.3) is 22.5 Å². The predicted molar refractivity (Wildman–Crippen MR) is 114 cm³/mol. The van der Waals surface area contributed by atoms with Crippen molar-refractivity contribution in [1.82, 2.24) is 19.9 Å². The van der Waals surface area contributed by atoms with Crippen LogP contribution in [0.3, 0.4) is 0 Å². The molecular formula is C23H20FN5O2. The van der Waals surface area contributed by atoms with E-state index in [0.717, 1.165) is 18.4 Å². The summed E-state index contributed by atoms with van der Waals surface area (Å²) in [6.45, 7) is 1.11. The molecule has 4 aromatic rings. The maximum Gasteiger partial charge on any atom is 0.295 e. The predicted octanol–water partition coefficient (Wildman–Crippen LogP) is 4.14. The van der Waals surface area contributed by atoms with Crippen molar-refractivity contribution < 1.29 is 13.6 Å². The monoisotopic (exact) mass is 417 g/mol. The fourth-order valence-electron chi connectivity index (χ4n) is 3.88. The molecule has 5 rings (SSSR count). The quantitative estimate of drug-likeness (QED) is 0.537. The molecule has 0 bridgehead atoms. The van der Waals surface area contributed by atoms with Gasteiger partial charge in [-0.25, -0.2) is 14.4 Å². The molecule has 31 heavy (non-hydrogen) atoms. The van der Waals surface area contributed by atoms with Crippen LogP contribution < -0.4 is 5.32 Å². The largest absolute Gasteiger partial charge is 0.424 e. The van der Waals surface area contributed by atoms with Crippen molar-refractivity contribution >= 4 is 23.0 Å². The van der Waals surface area contributed by atoms with Crippen molar-refractivity contribution in [3.63, 3.8) is 0 Å². The number of hydrogen-bond acceptors (Lipinski definition) is 6. The Kier molecular flexibility index (Phi) is 5.03. The number of carbonyl (C=O) groups is 1. The van der Waals surface area contributed by atoms with Gasteiger partial charge in [0.2, 0.25) is 0 Å². The molecule has 0 aliphatic carbocycles.